The number of fused-ring (bicyclic) bond motifs is 1. The number of carbonyl (C=O) groups is 1. The minimum atomic E-state index is -0.0123. The second-order valence-corrected chi connectivity index (χ2v) is 7.49. The van der Waals surface area contributed by atoms with E-state index in [0.29, 0.717) is 29.4 Å². The average molecular weight is 393 g/mol. The fourth-order valence-corrected chi connectivity index (χ4v) is 4.15. The Morgan fingerprint density at radius 2 is 1.75 bits per heavy atom. The Morgan fingerprint density at radius 1 is 1.07 bits per heavy atom. The van der Waals surface area contributed by atoms with Crippen molar-refractivity contribution in [2.24, 2.45) is 7.05 Å². The number of hydrogen-bond donors (Lipinski definition) is 0. The van der Waals surface area contributed by atoms with Gasteiger partial charge in [-0.25, -0.2) is 0 Å². The quantitative estimate of drug-likeness (QED) is 0.683. The maximum absolute atomic E-state index is 13.1. The van der Waals surface area contributed by atoms with E-state index in [1.165, 1.54) is 5.56 Å². The summed E-state index contributed by atoms with van der Waals surface area (Å²) in [7, 11) is 1.89. The van der Waals surface area contributed by atoms with Crippen LogP contribution in [0.1, 0.15) is 21.6 Å². The summed E-state index contributed by atoms with van der Waals surface area (Å²) in [6.45, 7) is 3.79. The molecule has 6 heteroatoms. The molecular weight excluding hydrogens is 372 g/mol. The van der Waals surface area contributed by atoms with Crippen molar-refractivity contribution in [2.45, 2.75) is 6.54 Å². The van der Waals surface area contributed by atoms with Gasteiger partial charge in [-0.3, -0.25) is 9.69 Å². The van der Waals surface area contributed by atoms with Gasteiger partial charge in [-0.05, 0) is 23.8 Å². The molecule has 0 spiro atoms. The molecule has 5 nitrogen and oxygen atoms in total. The molecule has 142 valence electrons. The van der Waals surface area contributed by atoms with Crippen LogP contribution in [0.15, 0.2) is 48.5 Å². The third kappa shape index (κ3) is 3.37. The molecule has 1 aliphatic rings. The fourth-order valence-electron chi connectivity index (χ4n) is 3.79. The molecule has 2 aromatic carbocycles. The van der Waals surface area contributed by atoms with Gasteiger partial charge in [0.2, 0.25) is 0 Å². The number of nitrogens with zero attached hydrogens (tertiary/aromatic N) is 4. The van der Waals surface area contributed by atoms with Crippen LogP contribution in [0.25, 0.3) is 10.9 Å². The third-order valence-electron chi connectivity index (χ3n) is 5.40. The molecule has 1 aromatic heterocycles. The number of para-hydroxylation sites is 1. The van der Waals surface area contributed by atoms with E-state index < -0.39 is 0 Å². The number of aromatic nitrogens is 1. The standard InChI is InChI=1S/C22H21ClN4O/c1-25-19-5-3-2-4-18(19)20(23)21(25)22(28)27-12-10-26(11-13-27)15-17-8-6-16(14-24)7-9-17/h2-9H,10-13,15H2,1H3. The number of halogens is 1. The largest absolute Gasteiger partial charge is 0.338 e. The van der Waals surface area contributed by atoms with Gasteiger partial charge in [-0.15, -0.1) is 0 Å². The maximum Gasteiger partial charge on any atom is 0.272 e. The fraction of sp³-hybridized carbons (Fsp3) is 0.273. The highest BCUT2D eigenvalue weighted by molar-refractivity contribution is 6.38. The summed E-state index contributed by atoms with van der Waals surface area (Å²) in [4.78, 5) is 17.3. The molecule has 28 heavy (non-hydrogen) atoms. The van der Waals surface area contributed by atoms with Crippen LogP contribution in [-0.2, 0) is 13.6 Å². The lowest BCUT2D eigenvalue weighted by Crippen LogP contribution is -2.48. The first-order chi connectivity index (χ1) is 13.6. The van der Waals surface area contributed by atoms with Crippen molar-refractivity contribution in [3.05, 3.63) is 70.4 Å². The van der Waals surface area contributed by atoms with Gasteiger partial charge in [0, 0.05) is 50.7 Å². The molecule has 1 amide bonds. The first-order valence-electron chi connectivity index (χ1n) is 9.32. The Balaban J connectivity index is 1.44. The molecule has 0 bridgehead atoms. The minimum Gasteiger partial charge on any atom is -0.338 e. The summed E-state index contributed by atoms with van der Waals surface area (Å²) in [5.74, 6) is -0.0123. The molecule has 0 atom stereocenters. The van der Waals surface area contributed by atoms with Crippen molar-refractivity contribution in [1.82, 2.24) is 14.4 Å². The van der Waals surface area contributed by atoms with E-state index in [-0.39, 0.29) is 5.91 Å². The van der Waals surface area contributed by atoms with E-state index >= 15 is 0 Å². The number of benzene rings is 2. The highest BCUT2D eigenvalue weighted by Crippen LogP contribution is 2.30. The number of aryl methyl sites for hydroxylation is 1. The van der Waals surface area contributed by atoms with Gasteiger partial charge < -0.3 is 9.47 Å². The van der Waals surface area contributed by atoms with Crippen molar-refractivity contribution in [1.29, 1.82) is 5.26 Å². The topological polar surface area (TPSA) is 52.3 Å². The van der Waals surface area contributed by atoms with E-state index in [1.807, 2.05) is 65.0 Å². The Labute approximate surface area is 169 Å². The predicted molar refractivity (Wildman–Crippen MR) is 110 cm³/mol. The molecule has 1 aliphatic heterocycles. The molecule has 0 aliphatic carbocycles. The zero-order chi connectivity index (χ0) is 19.7. The first-order valence-corrected chi connectivity index (χ1v) is 9.70. The number of hydrogen-bond acceptors (Lipinski definition) is 3. The van der Waals surface area contributed by atoms with Crippen LogP contribution in [-0.4, -0.2) is 46.5 Å². The molecule has 0 saturated carbocycles. The van der Waals surface area contributed by atoms with Crippen molar-refractivity contribution >= 4 is 28.4 Å². The van der Waals surface area contributed by atoms with Crippen molar-refractivity contribution in [3.63, 3.8) is 0 Å². The number of carbonyl (C=O) groups excluding carboxylic acids is 1. The van der Waals surface area contributed by atoms with Gasteiger partial charge in [0.1, 0.15) is 5.69 Å². The second kappa shape index (κ2) is 7.67. The molecule has 0 radical (unpaired) electrons. The Kier molecular flexibility index (Phi) is 5.08. The highest BCUT2D eigenvalue weighted by atomic mass is 35.5. The summed E-state index contributed by atoms with van der Waals surface area (Å²) in [6, 6.07) is 17.6. The molecule has 3 aromatic rings. The SMILES string of the molecule is Cn1c(C(=O)N2CCN(Cc3ccc(C#N)cc3)CC2)c(Cl)c2ccccc21. The third-order valence-corrected chi connectivity index (χ3v) is 5.78. The molecule has 2 heterocycles. The van der Waals surface area contributed by atoms with E-state index in [0.717, 1.165) is 30.5 Å². The number of nitriles is 1. The number of amides is 1. The predicted octanol–water partition coefficient (Wildman–Crippen LogP) is 3.66. The van der Waals surface area contributed by atoms with E-state index in [4.69, 9.17) is 16.9 Å². The summed E-state index contributed by atoms with van der Waals surface area (Å²) < 4.78 is 1.89. The zero-order valence-electron chi connectivity index (χ0n) is 15.7. The lowest BCUT2D eigenvalue weighted by Gasteiger charge is -2.34. The molecule has 1 fully saturated rings. The summed E-state index contributed by atoms with van der Waals surface area (Å²) in [5.41, 5.74) is 3.38. The molecule has 4 rings (SSSR count). The lowest BCUT2D eigenvalue weighted by molar-refractivity contribution is 0.0620. The van der Waals surface area contributed by atoms with Gasteiger partial charge in [0.15, 0.2) is 0 Å². The summed E-state index contributed by atoms with van der Waals surface area (Å²) in [6.07, 6.45) is 0. The second-order valence-electron chi connectivity index (χ2n) is 7.12. The van der Waals surface area contributed by atoms with Crippen molar-refractivity contribution in [3.8, 4) is 6.07 Å². The normalized spacial score (nSPS) is 15.0. The number of rotatable bonds is 3. The smallest absolute Gasteiger partial charge is 0.272 e. The van der Waals surface area contributed by atoms with E-state index in [2.05, 4.69) is 11.0 Å². The van der Waals surface area contributed by atoms with Crippen LogP contribution in [0.2, 0.25) is 5.02 Å². The van der Waals surface area contributed by atoms with Gasteiger partial charge >= 0.3 is 0 Å². The van der Waals surface area contributed by atoms with Crippen LogP contribution in [0.5, 0.6) is 0 Å². The van der Waals surface area contributed by atoms with Gasteiger partial charge in [0.05, 0.1) is 16.7 Å². The monoisotopic (exact) mass is 392 g/mol. The molecule has 1 saturated heterocycles. The van der Waals surface area contributed by atoms with Gasteiger partial charge in [-0.1, -0.05) is 41.9 Å². The average Bonchev–Trinajstić information content (AvgIpc) is 2.99. The maximum atomic E-state index is 13.1. The Bertz CT molecular complexity index is 1020. The van der Waals surface area contributed by atoms with Crippen molar-refractivity contribution < 1.29 is 4.79 Å². The Hall–Kier alpha value is -2.81. The zero-order valence-corrected chi connectivity index (χ0v) is 16.5. The van der Waals surface area contributed by atoms with Gasteiger partial charge in [0.25, 0.3) is 5.91 Å². The molecule has 0 unspecified atom stereocenters. The lowest BCUT2D eigenvalue weighted by atomic mass is 10.1. The molecular formula is C22H21ClN4O. The van der Waals surface area contributed by atoms with Crippen LogP contribution < -0.4 is 0 Å². The van der Waals surface area contributed by atoms with Crippen LogP contribution in [0, 0.1) is 11.3 Å². The molecule has 0 N–H and O–H groups in total. The summed E-state index contributed by atoms with van der Waals surface area (Å²) in [5, 5.41) is 10.3. The van der Waals surface area contributed by atoms with E-state index in [9.17, 15) is 4.79 Å². The number of piperazine rings is 1. The van der Waals surface area contributed by atoms with Crippen LogP contribution in [0.3, 0.4) is 0 Å². The van der Waals surface area contributed by atoms with Crippen molar-refractivity contribution in [2.75, 3.05) is 26.2 Å². The highest BCUT2D eigenvalue weighted by Gasteiger charge is 2.27. The Morgan fingerprint density at radius 3 is 2.39 bits per heavy atom. The van der Waals surface area contributed by atoms with Crippen LogP contribution in [0.4, 0.5) is 0 Å². The van der Waals surface area contributed by atoms with E-state index in [1.54, 1.807) is 0 Å². The minimum absolute atomic E-state index is 0.0123. The van der Waals surface area contributed by atoms with Gasteiger partial charge in [-0.2, -0.15) is 5.26 Å². The summed E-state index contributed by atoms with van der Waals surface area (Å²) >= 11 is 6.54. The first kappa shape index (κ1) is 18.5. The van der Waals surface area contributed by atoms with Crippen LogP contribution >= 0.6 is 11.6 Å².